The van der Waals surface area contributed by atoms with Gasteiger partial charge in [-0.2, -0.15) is 10.2 Å². The molecule has 4 heterocycles. The average Bonchev–Trinajstić information content (AvgIpc) is 3.41. The fourth-order valence-corrected chi connectivity index (χ4v) is 2.97. The first kappa shape index (κ1) is 15.3. The molecule has 0 saturated heterocycles. The largest absolute Gasteiger partial charge is 0.442 e. The highest BCUT2D eigenvalue weighted by Crippen LogP contribution is 2.28. The van der Waals surface area contributed by atoms with Crippen molar-refractivity contribution >= 4 is 33.5 Å². The first-order chi connectivity index (χ1) is 13.2. The van der Waals surface area contributed by atoms with Crippen LogP contribution in [-0.2, 0) is 7.05 Å². The summed E-state index contributed by atoms with van der Waals surface area (Å²) in [5.74, 6) is 0.248. The number of aromatic nitrogens is 6. The fraction of sp³-hybridized carbons (Fsp3) is 0.0556. The molecule has 5 rings (SSSR count). The highest BCUT2D eigenvalue weighted by Gasteiger charge is 2.14. The molecule has 4 aromatic heterocycles. The number of carbonyl (C=O) groups is 1. The Hall–Kier alpha value is -4.01. The van der Waals surface area contributed by atoms with Gasteiger partial charge in [-0.1, -0.05) is 0 Å². The lowest BCUT2D eigenvalue weighted by Crippen LogP contribution is -2.13. The number of nitrogens with one attached hydrogen (secondary N) is 2. The lowest BCUT2D eigenvalue weighted by Gasteiger charge is -2.05. The van der Waals surface area contributed by atoms with E-state index in [0.717, 1.165) is 16.4 Å². The standard InChI is InChI=1S/C18H13N7O2/c1-25-15-5-4-13(22-14(15)7-20-25)18(26)21-10-2-3-12-11(6-10)17(24-23-12)16-8-19-9-27-16/h2-9H,1H3,(H,21,26)(H,23,24). The molecule has 9 heteroatoms. The van der Waals surface area contributed by atoms with Gasteiger partial charge in [0.15, 0.2) is 12.2 Å². The van der Waals surface area contributed by atoms with E-state index < -0.39 is 0 Å². The SMILES string of the molecule is Cn1ncc2nc(C(=O)Nc3ccc4[nH]nc(-c5cnco5)c4c3)ccc21. The summed E-state index contributed by atoms with van der Waals surface area (Å²) < 4.78 is 7.03. The smallest absolute Gasteiger partial charge is 0.274 e. The number of hydrogen-bond acceptors (Lipinski definition) is 6. The minimum Gasteiger partial charge on any atom is -0.442 e. The first-order valence-corrected chi connectivity index (χ1v) is 8.16. The number of rotatable bonds is 3. The Labute approximate surface area is 152 Å². The van der Waals surface area contributed by atoms with E-state index in [1.807, 2.05) is 25.2 Å². The zero-order chi connectivity index (χ0) is 18.4. The molecule has 9 nitrogen and oxygen atoms in total. The summed E-state index contributed by atoms with van der Waals surface area (Å²) in [6, 6.07) is 8.97. The lowest BCUT2D eigenvalue weighted by molar-refractivity contribution is 0.102. The molecule has 132 valence electrons. The highest BCUT2D eigenvalue weighted by molar-refractivity contribution is 6.05. The van der Waals surface area contributed by atoms with Gasteiger partial charge in [-0.3, -0.25) is 14.6 Å². The topological polar surface area (TPSA) is 115 Å². The van der Waals surface area contributed by atoms with Gasteiger partial charge in [-0.05, 0) is 30.3 Å². The molecule has 0 unspecified atom stereocenters. The molecule has 0 spiro atoms. The van der Waals surface area contributed by atoms with Crippen LogP contribution in [0.5, 0.6) is 0 Å². The van der Waals surface area contributed by atoms with Crippen LogP contribution in [0, 0.1) is 0 Å². The second kappa shape index (κ2) is 5.77. The number of hydrogen-bond donors (Lipinski definition) is 2. The van der Waals surface area contributed by atoms with Crippen LogP contribution in [-0.4, -0.2) is 35.9 Å². The first-order valence-electron chi connectivity index (χ1n) is 8.16. The van der Waals surface area contributed by atoms with Crippen LogP contribution in [0.2, 0.25) is 0 Å². The number of amides is 1. The number of aromatic amines is 1. The molecule has 0 radical (unpaired) electrons. The number of benzene rings is 1. The van der Waals surface area contributed by atoms with Crippen molar-refractivity contribution < 1.29 is 9.21 Å². The summed E-state index contributed by atoms with van der Waals surface area (Å²) in [6.07, 6.45) is 4.57. The molecule has 0 aliphatic heterocycles. The number of pyridine rings is 1. The van der Waals surface area contributed by atoms with Gasteiger partial charge in [0.2, 0.25) is 0 Å². The quantitative estimate of drug-likeness (QED) is 0.512. The summed E-state index contributed by atoms with van der Waals surface area (Å²) in [5, 5.41) is 15.0. The Morgan fingerprint density at radius 3 is 3.00 bits per heavy atom. The number of carbonyl (C=O) groups excluding carboxylic acids is 1. The number of oxazole rings is 1. The van der Waals surface area contributed by atoms with E-state index in [2.05, 4.69) is 30.6 Å². The van der Waals surface area contributed by atoms with Crippen LogP contribution in [0.25, 0.3) is 33.4 Å². The number of fused-ring (bicyclic) bond motifs is 2. The van der Waals surface area contributed by atoms with Crippen molar-refractivity contribution in [2.75, 3.05) is 5.32 Å². The lowest BCUT2D eigenvalue weighted by atomic mass is 10.1. The van der Waals surface area contributed by atoms with E-state index >= 15 is 0 Å². The summed E-state index contributed by atoms with van der Waals surface area (Å²) >= 11 is 0. The van der Waals surface area contributed by atoms with Crippen LogP contribution < -0.4 is 5.32 Å². The number of aryl methyl sites for hydroxylation is 1. The van der Waals surface area contributed by atoms with E-state index in [1.165, 1.54) is 6.39 Å². The third kappa shape index (κ3) is 2.53. The summed E-state index contributed by atoms with van der Waals surface area (Å²) in [7, 11) is 1.83. The van der Waals surface area contributed by atoms with E-state index in [0.29, 0.717) is 28.4 Å². The van der Waals surface area contributed by atoms with Crippen LogP contribution in [0.15, 0.2) is 53.5 Å². The summed E-state index contributed by atoms with van der Waals surface area (Å²) in [6.45, 7) is 0. The Bertz CT molecular complexity index is 1280. The molecule has 0 saturated carbocycles. The predicted octanol–water partition coefficient (Wildman–Crippen LogP) is 2.75. The molecular formula is C18H13N7O2. The van der Waals surface area contributed by atoms with Gasteiger partial charge >= 0.3 is 0 Å². The Morgan fingerprint density at radius 2 is 2.15 bits per heavy atom. The van der Waals surface area contributed by atoms with Crippen LogP contribution in [0.3, 0.4) is 0 Å². The van der Waals surface area contributed by atoms with Crippen molar-refractivity contribution in [2.24, 2.45) is 7.05 Å². The molecule has 1 aromatic carbocycles. The maximum atomic E-state index is 12.6. The molecule has 0 fully saturated rings. The Kier molecular flexibility index (Phi) is 3.26. The summed E-state index contributed by atoms with van der Waals surface area (Å²) in [4.78, 5) is 20.9. The van der Waals surface area contributed by atoms with E-state index in [9.17, 15) is 4.79 Å². The number of H-pyrrole nitrogens is 1. The molecular weight excluding hydrogens is 346 g/mol. The molecule has 0 aliphatic carbocycles. The maximum absolute atomic E-state index is 12.6. The molecule has 0 aliphatic rings. The van der Waals surface area contributed by atoms with Gasteiger partial charge in [-0.15, -0.1) is 0 Å². The average molecular weight is 359 g/mol. The predicted molar refractivity (Wildman–Crippen MR) is 98.1 cm³/mol. The minimum absolute atomic E-state index is 0.301. The van der Waals surface area contributed by atoms with E-state index in [4.69, 9.17) is 4.42 Å². The molecule has 2 N–H and O–H groups in total. The van der Waals surface area contributed by atoms with Crippen LogP contribution >= 0.6 is 0 Å². The fourth-order valence-electron chi connectivity index (χ4n) is 2.97. The van der Waals surface area contributed by atoms with E-state index in [1.54, 1.807) is 29.2 Å². The molecule has 5 aromatic rings. The second-order valence-electron chi connectivity index (χ2n) is 6.02. The molecule has 0 bridgehead atoms. The van der Waals surface area contributed by atoms with Gasteiger partial charge in [0.1, 0.15) is 16.9 Å². The zero-order valence-corrected chi connectivity index (χ0v) is 14.2. The van der Waals surface area contributed by atoms with Crippen molar-refractivity contribution in [3.63, 3.8) is 0 Å². The highest BCUT2D eigenvalue weighted by atomic mass is 16.3. The van der Waals surface area contributed by atoms with Crippen molar-refractivity contribution in [2.45, 2.75) is 0 Å². The maximum Gasteiger partial charge on any atom is 0.274 e. The summed E-state index contributed by atoms with van der Waals surface area (Å²) in [5.41, 5.74) is 3.94. The van der Waals surface area contributed by atoms with Gasteiger partial charge in [0.25, 0.3) is 5.91 Å². The van der Waals surface area contributed by atoms with Gasteiger partial charge in [-0.25, -0.2) is 9.97 Å². The number of anilines is 1. The molecule has 1 amide bonds. The monoisotopic (exact) mass is 359 g/mol. The van der Waals surface area contributed by atoms with Crippen molar-refractivity contribution in [3.8, 4) is 11.5 Å². The van der Waals surface area contributed by atoms with Gasteiger partial charge in [0, 0.05) is 18.1 Å². The molecule has 0 atom stereocenters. The molecule has 27 heavy (non-hydrogen) atoms. The third-order valence-corrected chi connectivity index (χ3v) is 4.32. The van der Waals surface area contributed by atoms with Gasteiger partial charge in [0.05, 0.1) is 23.4 Å². The minimum atomic E-state index is -0.301. The Balaban J connectivity index is 1.48. The van der Waals surface area contributed by atoms with Gasteiger partial charge < -0.3 is 9.73 Å². The van der Waals surface area contributed by atoms with Crippen LogP contribution in [0.4, 0.5) is 5.69 Å². The zero-order valence-electron chi connectivity index (χ0n) is 14.2. The van der Waals surface area contributed by atoms with Crippen molar-refractivity contribution in [1.29, 1.82) is 0 Å². The Morgan fingerprint density at radius 1 is 1.22 bits per heavy atom. The van der Waals surface area contributed by atoms with Crippen molar-refractivity contribution in [1.82, 2.24) is 29.9 Å². The van der Waals surface area contributed by atoms with E-state index in [-0.39, 0.29) is 5.91 Å². The normalized spacial score (nSPS) is 11.3. The van der Waals surface area contributed by atoms with Crippen molar-refractivity contribution in [3.05, 3.63) is 54.8 Å². The number of nitrogens with zero attached hydrogens (tertiary/aromatic N) is 5. The second-order valence-corrected chi connectivity index (χ2v) is 6.02. The van der Waals surface area contributed by atoms with Crippen LogP contribution in [0.1, 0.15) is 10.5 Å². The third-order valence-electron chi connectivity index (χ3n) is 4.32.